The van der Waals surface area contributed by atoms with Gasteiger partial charge in [-0.3, -0.25) is 9.80 Å². The number of carbonyl (C=O) groups excluding carboxylic acids is 2. The maximum Gasteiger partial charge on any atom is 0.412 e. The molecular formula is C19H36N4O5. The summed E-state index contributed by atoms with van der Waals surface area (Å²) in [6.07, 6.45) is -0.669. The van der Waals surface area contributed by atoms with E-state index < -0.39 is 17.4 Å². The molecule has 2 aliphatic heterocycles. The van der Waals surface area contributed by atoms with Gasteiger partial charge in [0, 0.05) is 32.7 Å². The van der Waals surface area contributed by atoms with Crippen LogP contribution in [-0.2, 0) is 14.2 Å². The quantitative estimate of drug-likeness (QED) is 0.724. The van der Waals surface area contributed by atoms with Crippen LogP contribution in [0.15, 0.2) is 0 Å². The lowest BCUT2D eigenvalue weighted by molar-refractivity contribution is -0.0756. The van der Waals surface area contributed by atoms with Crippen molar-refractivity contribution in [3.63, 3.8) is 0 Å². The van der Waals surface area contributed by atoms with Crippen LogP contribution >= 0.6 is 0 Å². The molecule has 0 aliphatic carbocycles. The molecule has 0 bridgehead atoms. The average Bonchev–Trinajstić information content (AvgIpc) is 2.80. The zero-order valence-corrected chi connectivity index (χ0v) is 18.0. The van der Waals surface area contributed by atoms with Crippen molar-refractivity contribution in [3.05, 3.63) is 0 Å². The third kappa shape index (κ3) is 6.49. The lowest BCUT2D eigenvalue weighted by Gasteiger charge is -2.35. The number of carbonyl (C=O) groups is 2. The molecule has 2 saturated heterocycles. The number of morpholine rings is 1. The number of urea groups is 1. The van der Waals surface area contributed by atoms with Crippen molar-refractivity contribution in [2.75, 3.05) is 45.9 Å². The number of hydrogen-bond donors (Lipinski definition) is 2. The van der Waals surface area contributed by atoms with Gasteiger partial charge in [0.25, 0.3) is 0 Å². The Morgan fingerprint density at radius 3 is 2.43 bits per heavy atom. The second-order valence-electron chi connectivity index (χ2n) is 8.78. The summed E-state index contributed by atoms with van der Waals surface area (Å²) in [5.41, 5.74) is -1.41. The molecule has 3 amide bonds. The maximum atomic E-state index is 12.7. The van der Waals surface area contributed by atoms with E-state index in [0.717, 1.165) is 32.8 Å². The highest BCUT2D eigenvalue weighted by Crippen LogP contribution is 2.33. The molecular weight excluding hydrogens is 364 g/mol. The van der Waals surface area contributed by atoms with Crippen LogP contribution in [0.1, 0.15) is 41.5 Å². The molecule has 0 spiro atoms. The van der Waals surface area contributed by atoms with Crippen LogP contribution in [0.2, 0.25) is 0 Å². The fraction of sp³-hybridized carbons (Fsp3) is 0.895. The van der Waals surface area contributed by atoms with Crippen molar-refractivity contribution in [1.29, 1.82) is 0 Å². The van der Waals surface area contributed by atoms with Crippen molar-refractivity contribution in [2.45, 2.75) is 65.0 Å². The topological polar surface area (TPSA) is 92.4 Å². The van der Waals surface area contributed by atoms with E-state index in [2.05, 4.69) is 15.5 Å². The maximum absolute atomic E-state index is 12.7. The summed E-state index contributed by atoms with van der Waals surface area (Å²) in [7, 11) is 0. The smallest absolute Gasteiger partial charge is 0.412 e. The van der Waals surface area contributed by atoms with Crippen LogP contribution in [0, 0.1) is 0 Å². The molecule has 2 atom stereocenters. The lowest BCUT2D eigenvalue weighted by Crippen LogP contribution is -2.54. The number of nitrogens with zero attached hydrogens (tertiary/aromatic N) is 2. The molecule has 2 rings (SSSR count). The highest BCUT2D eigenvalue weighted by Gasteiger charge is 2.49. The van der Waals surface area contributed by atoms with Crippen LogP contribution in [0.25, 0.3) is 0 Å². The van der Waals surface area contributed by atoms with Gasteiger partial charge in [-0.1, -0.05) is 0 Å². The molecule has 28 heavy (non-hydrogen) atoms. The summed E-state index contributed by atoms with van der Waals surface area (Å²) in [5, 5.41) is 5.72. The zero-order chi connectivity index (χ0) is 20.9. The predicted molar refractivity (Wildman–Crippen MR) is 105 cm³/mol. The summed E-state index contributed by atoms with van der Waals surface area (Å²) in [4.78, 5) is 28.7. The summed E-state index contributed by atoms with van der Waals surface area (Å²) >= 11 is 0. The SMILES string of the molecule is CC1OC(C)(C)N(C(=O)OC(C)(C)C)C1CNC(=O)NCCN1CCOCC1. The Kier molecular flexibility index (Phi) is 7.52. The summed E-state index contributed by atoms with van der Waals surface area (Å²) in [6, 6.07) is -0.566. The second-order valence-corrected chi connectivity index (χ2v) is 8.78. The van der Waals surface area contributed by atoms with Crippen molar-refractivity contribution in [1.82, 2.24) is 20.4 Å². The van der Waals surface area contributed by atoms with Crippen LogP contribution < -0.4 is 10.6 Å². The van der Waals surface area contributed by atoms with E-state index in [1.165, 1.54) is 0 Å². The second kappa shape index (κ2) is 9.28. The summed E-state index contributed by atoms with van der Waals surface area (Å²) < 4.78 is 16.8. The molecule has 0 aromatic rings. The van der Waals surface area contributed by atoms with E-state index >= 15 is 0 Å². The number of hydrogen-bond acceptors (Lipinski definition) is 6. The minimum Gasteiger partial charge on any atom is -0.444 e. The van der Waals surface area contributed by atoms with Crippen LogP contribution in [0.4, 0.5) is 9.59 Å². The Hall–Kier alpha value is -1.58. The zero-order valence-electron chi connectivity index (χ0n) is 18.0. The van der Waals surface area contributed by atoms with Crippen molar-refractivity contribution < 1.29 is 23.8 Å². The van der Waals surface area contributed by atoms with Gasteiger partial charge in [0.1, 0.15) is 11.3 Å². The molecule has 162 valence electrons. The fourth-order valence-corrected chi connectivity index (χ4v) is 3.54. The molecule has 2 N–H and O–H groups in total. The highest BCUT2D eigenvalue weighted by molar-refractivity contribution is 5.74. The summed E-state index contributed by atoms with van der Waals surface area (Å²) in [5.74, 6) is 0. The first-order valence-corrected chi connectivity index (χ1v) is 10.0. The minimum atomic E-state index is -0.805. The van der Waals surface area contributed by atoms with Crippen LogP contribution in [0.5, 0.6) is 0 Å². The Balaban J connectivity index is 1.83. The van der Waals surface area contributed by atoms with E-state index in [-0.39, 0.29) is 24.7 Å². The number of ether oxygens (including phenoxy) is 3. The van der Waals surface area contributed by atoms with E-state index in [4.69, 9.17) is 14.2 Å². The van der Waals surface area contributed by atoms with E-state index in [0.29, 0.717) is 6.54 Å². The third-order valence-corrected chi connectivity index (χ3v) is 4.81. The first-order valence-electron chi connectivity index (χ1n) is 10.0. The van der Waals surface area contributed by atoms with Gasteiger partial charge in [-0.15, -0.1) is 0 Å². The van der Waals surface area contributed by atoms with Crippen LogP contribution in [0.3, 0.4) is 0 Å². The fourth-order valence-electron chi connectivity index (χ4n) is 3.54. The van der Waals surface area contributed by atoms with Crippen molar-refractivity contribution in [2.24, 2.45) is 0 Å². The summed E-state index contributed by atoms with van der Waals surface area (Å²) in [6.45, 7) is 15.9. The van der Waals surface area contributed by atoms with Crippen molar-refractivity contribution in [3.8, 4) is 0 Å². The van der Waals surface area contributed by atoms with Gasteiger partial charge in [-0.25, -0.2) is 9.59 Å². The van der Waals surface area contributed by atoms with Gasteiger partial charge in [-0.05, 0) is 41.5 Å². The molecule has 0 aromatic heterocycles. The van der Waals surface area contributed by atoms with Gasteiger partial charge >= 0.3 is 12.1 Å². The van der Waals surface area contributed by atoms with Gasteiger partial charge in [0.05, 0.1) is 25.4 Å². The van der Waals surface area contributed by atoms with E-state index in [1.54, 1.807) is 4.90 Å². The molecule has 0 aromatic carbocycles. The first-order chi connectivity index (χ1) is 13.0. The molecule has 0 saturated carbocycles. The Bertz CT molecular complexity index is 543. The number of nitrogens with one attached hydrogen (secondary N) is 2. The Morgan fingerprint density at radius 1 is 1.18 bits per heavy atom. The molecule has 0 radical (unpaired) electrons. The van der Waals surface area contributed by atoms with Gasteiger partial charge in [0.15, 0.2) is 0 Å². The molecule has 9 nitrogen and oxygen atoms in total. The third-order valence-electron chi connectivity index (χ3n) is 4.81. The highest BCUT2D eigenvalue weighted by atomic mass is 16.6. The molecule has 9 heteroatoms. The normalized spacial score (nSPS) is 25.4. The lowest BCUT2D eigenvalue weighted by atomic mass is 10.1. The van der Waals surface area contributed by atoms with Crippen molar-refractivity contribution >= 4 is 12.1 Å². The van der Waals surface area contributed by atoms with Gasteiger partial charge in [-0.2, -0.15) is 0 Å². The average molecular weight is 401 g/mol. The van der Waals surface area contributed by atoms with E-state index in [1.807, 2.05) is 41.5 Å². The monoisotopic (exact) mass is 400 g/mol. The largest absolute Gasteiger partial charge is 0.444 e. The molecule has 2 fully saturated rings. The molecule has 2 aliphatic rings. The number of rotatable bonds is 5. The molecule has 2 unspecified atom stereocenters. The Morgan fingerprint density at radius 2 is 1.82 bits per heavy atom. The minimum absolute atomic E-state index is 0.226. The van der Waals surface area contributed by atoms with E-state index in [9.17, 15) is 9.59 Å². The number of amides is 3. The standard InChI is InChI=1S/C19H36N4O5/c1-14-15(23(19(5,6)27-14)17(25)28-18(2,3)4)13-21-16(24)20-7-8-22-9-11-26-12-10-22/h14-15H,7-13H2,1-6H3,(H2,20,21,24). The van der Waals surface area contributed by atoms with Crippen LogP contribution in [-0.4, -0.2) is 91.3 Å². The molecule has 2 heterocycles. The van der Waals surface area contributed by atoms with Gasteiger partial charge in [0.2, 0.25) is 0 Å². The Labute approximate surface area is 168 Å². The first kappa shape index (κ1) is 22.7. The van der Waals surface area contributed by atoms with Gasteiger partial charge < -0.3 is 24.8 Å². The predicted octanol–water partition coefficient (Wildman–Crippen LogP) is 1.38.